The molecule has 0 aromatic heterocycles. The highest BCUT2D eigenvalue weighted by Crippen LogP contribution is 2.42. The fraction of sp³-hybridized carbons (Fsp3) is 0.269. The molecule has 13 heteroatoms. The van der Waals surface area contributed by atoms with Gasteiger partial charge in [0, 0.05) is 12.7 Å². The molecule has 0 fully saturated rings. The molecule has 0 spiro atoms. The maximum Gasteiger partial charge on any atom is 0.416 e. The van der Waals surface area contributed by atoms with E-state index in [4.69, 9.17) is 21.1 Å². The summed E-state index contributed by atoms with van der Waals surface area (Å²) in [6.45, 7) is 1.07. The third-order valence-corrected chi connectivity index (χ3v) is 8.29. The first kappa shape index (κ1) is 28.7. The van der Waals surface area contributed by atoms with Crippen LogP contribution in [0.5, 0.6) is 5.75 Å². The van der Waals surface area contributed by atoms with Crippen molar-refractivity contribution < 1.29 is 40.2 Å². The highest BCUT2D eigenvalue weighted by atomic mass is 35.5. The summed E-state index contributed by atoms with van der Waals surface area (Å²) in [6.07, 6.45) is -6.43. The van der Waals surface area contributed by atoms with Gasteiger partial charge in [-0.25, -0.2) is 12.8 Å². The lowest BCUT2D eigenvalue weighted by molar-refractivity contribution is -0.137. The number of alkyl halides is 3. The fourth-order valence-corrected chi connectivity index (χ4v) is 5.75. The zero-order chi connectivity index (χ0) is 28.5. The number of nitrogens with zero attached hydrogens (tertiary/aromatic N) is 1. The van der Waals surface area contributed by atoms with Crippen LogP contribution in [0.15, 0.2) is 65.6 Å². The summed E-state index contributed by atoms with van der Waals surface area (Å²) in [6, 6.07) is 11.9. The van der Waals surface area contributed by atoms with Crippen molar-refractivity contribution in [1.29, 1.82) is 0 Å². The Balaban J connectivity index is 1.78. The Morgan fingerprint density at radius 3 is 2.59 bits per heavy atom. The zero-order valence-corrected chi connectivity index (χ0v) is 22.2. The summed E-state index contributed by atoms with van der Waals surface area (Å²) >= 11 is 6.13. The first-order valence-electron chi connectivity index (χ1n) is 11.6. The van der Waals surface area contributed by atoms with E-state index in [1.165, 1.54) is 44.4 Å². The quantitative estimate of drug-likeness (QED) is 0.381. The minimum atomic E-state index is -4.76. The monoisotopic (exact) mass is 586 g/mol. The van der Waals surface area contributed by atoms with Gasteiger partial charge in [-0.3, -0.25) is 9.10 Å². The molecule has 0 aliphatic carbocycles. The van der Waals surface area contributed by atoms with E-state index in [0.717, 1.165) is 22.5 Å². The lowest BCUT2D eigenvalue weighted by Gasteiger charge is -2.36. The number of halogens is 5. The molecule has 3 aromatic carbocycles. The molecular formula is C26H23ClF4N2O5S. The van der Waals surface area contributed by atoms with Crippen LogP contribution >= 0.6 is 11.6 Å². The Bertz CT molecular complexity index is 1500. The molecule has 1 heterocycles. The summed E-state index contributed by atoms with van der Waals surface area (Å²) in [5.41, 5.74) is -0.488. The molecular weight excluding hydrogens is 564 g/mol. The lowest BCUT2D eigenvalue weighted by atomic mass is 10.0. The molecule has 4 rings (SSSR count). The van der Waals surface area contributed by atoms with E-state index in [1.54, 1.807) is 6.07 Å². The maximum absolute atomic E-state index is 14.1. The topological polar surface area (TPSA) is 84.9 Å². The summed E-state index contributed by atoms with van der Waals surface area (Å²) in [5, 5.41) is 2.42. The fourth-order valence-electron chi connectivity index (χ4n) is 3.97. The van der Waals surface area contributed by atoms with E-state index in [-0.39, 0.29) is 35.1 Å². The molecule has 0 unspecified atom stereocenters. The van der Waals surface area contributed by atoms with Crippen molar-refractivity contribution in [2.24, 2.45) is 0 Å². The van der Waals surface area contributed by atoms with Gasteiger partial charge in [-0.05, 0) is 48.9 Å². The van der Waals surface area contributed by atoms with E-state index >= 15 is 0 Å². The molecule has 1 amide bonds. The number of amides is 1. The second-order valence-electron chi connectivity index (χ2n) is 8.71. The number of methoxy groups -OCH3 is 1. The number of benzene rings is 3. The van der Waals surface area contributed by atoms with Crippen LogP contribution in [0.3, 0.4) is 0 Å². The van der Waals surface area contributed by atoms with Crippen LogP contribution in [0.25, 0.3) is 11.1 Å². The van der Waals surface area contributed by atoms with Crippen molar-refractivity contribution in [2.75, 3.05) is 24.5 Å². The van der Waals surface area contributed by atoms with Crippen molar-refractivity contribution in [3.63, 3.8) is 0 Å². The second-order valence-corrected chi connectivity index (χ2v) is 10.9. The van der Waals surface area contributed by atoms with Crippen LogP contribution in [-0.4, -0.2) is 46.7 Å². The Labute approximate surface area is 227 Å². The number of ether oxygens (including phenoxy) is 2. The van der Waals surface area contributed by atoms with Crippen LogP contribution in [-0.2, 0) is 25.7 Å². The smallest absolute Gasteiger partial charge is 0.416 e. The number of nitrogens with one attached hydrogen (secondary N) is 1. The highest BCUT2D eigenvalue weighted by molar-refractivity contribution is 7.92. The third-order valence-electron chi connectivity index (χ3n) is 6.13. The molecule has 39 heavy (non-hydrogen) atoms. The van der Waals surface area contributed by atoms with Gasteiger partial charge >= 0.3 is 6.18 Å². The van der Waals surface area contributed by atoms with Crippen molar-refractivity contribution in [2.45, 2.75) is 30.2 Å². The number of sulfonamides is 1. The SMILES string of the molecule is CO[C@@H](C)C(=O)NC[C@H]1CN(S(=O)(=O)c2cccc(C(F)(F)F)c2)c2cc(-c3cccc(F)c3Cl)ccc2O1. The summed E-state index contributed by atoms with van der Waals surface area (Å²) in [7, 11) is -3.21. The Morgan fingerprint density at radius 2 is 1.90 bits per heavy atom. The number of hydrogen-bond acceptors (Lipinski definition) is 5. The number of hydrogen-bond donors (Lipinski definition) is 1. The maximum atomic E-state index is 14.1. The highest BCUT2D eigenvalue weighted by Gasteiger charge is 2.37. The summed E-state index contributed by atoms with van der Waals surface area (Å²) in [5.74, 6) is -1.06. The molecule has 0 bridgehead atoms. The standard InChI is InChI=1S/C26H23ClF4N2O5S/c1-15(37-2)25(34)32-13-18-14-33(39(35,36)19-6-3-5-17(12-19)26(29,30)31)22-11-16(9-10-23(22)38-18)20-7-4-8-21(28)24(20)27/h3-12,15,18H,13-14H2,1-2H3,(H,32,34)/t15-,18-/m0/s1. The van der Waals surface area contributed by atoms with Gasteiger partial charge in [0.2, 0.25) is 5.91 Å². The van der Waals surface area contributed by atoms with Gasteiger partial charge in [-0.1, -0.05) is 35.9 Å². The Kier molecular flexibility index (Phi) is 8.10. The molecule has 7 nitrogen and oxygen atoms in total. The van der Waals surface area contributed by atoms with Gasteiger partial charge < -0.3 is 14.8 Å². The van der Waals surface area contributed by atoms with Crippen LogP contribution in [0, 0.1) is 5.82 Å². The van der Waals surface area contributed by atoms with E-state index < -0.39 is 50.6 Å². The number of anilines is 1. The average molecular weight is 587 g/mol. The molecule has 1 N–H and O–H groups in total. The van der Waals surface area contributed by atoms with Crippen molar-refractivity contribution in [1.82, 2.24) is 5.32 Å². The van der Waals surface area contributed by atoms with Gasteiger partial charge in [-0.15, -0.1) is 0 Å². The predicted octanol–water partition coefficient (Wildman–Crippen LogP) is 5.27. The zero-order valence-electron chi connectivity index (χ0n) is 20.6. The molecule has 0 saturated carbocycles. The predicted molar refractivity (Wildman–Crippen MR) is 137 cm³/mol. The van der Waals surface area contributed by atoms with E-state index in [2.05, 4.69) is 5.32 Å². The summed E-state index contributed by atoms with van der Waals surface area (Å²) < 4.78 is 93.5. The minimum absolute atomic E-state index is 0.0121. The number of fused-ring (bicyclic) bond motifs is 1. The minimum Gasteiger partial charge on any atom is -0.484 e. The van der Waals surface area contributed by atoms with E-state index in [9.17, 15) is 30.8 Å². The van der Waals surface area contributed by atoms with Crippen LogP contribution < -0.4 is 14.4 Å². The first-order valence-corrected chi connectivity index (χ1v) is 13.4. The normalized spacial score (nSPS) is 16.3. The molecule has 3 aromatic rings. The van der Waals surface area contributed by atoms with Crippen molar-refractivity contribution in [3.05, 3.63) is 77.1 Å². The van der Waals surface area contributed by atoms with E-state index in [1.807, 2.05) is 0 Å². The average Bonchev–Trinajstić information content (AvgIpc) is 2.91. The van der Waals surface area contributed by atoms with Crippen LogP contribution in [0.1, 0.15) is 12.5 Å². The van der Waals surface area contributed by atoms with Gasteiger partial charge in [0.25, 0.3) is 10.0 Å². The van der Waals surface area contributed by atoms with Crippen LogP contribution in [0.4, 0.5) is 23.2 Å². The second kappa shape index (κ2) is 11.0. The van der Waals surface area contributed by atoms with Crippen molar-refractivity contribution >= 4 is 33.2 Å². The molecule has 2 atom stereocenters. The molecule has 208 valence electrons. The van der Waals surface area contributed by atoms with E-state index in [0.29, 0.717) is 11.6 Å². The third kappa shape index (κ3) is 5.97. The summed E-state index contributed by atoms with van der Waals surface area (Å²) in [4.78, 5) is 11.6. The number of rotatable bonds is 7. The van der Waals surface area contributed by atoms with Gasteiger partial charge in [0.05, 0.1) is 34.3 Å². The molecule has 0 saturated heterocycles. The van der Waals surface area contributed by atoms with Gasteiger partial charge in [0.1, 0.15) is 23.8 Å². The first-order chi connectivity index (χ1) is 18.3. The number of carbonyl (C=O) groups is 1. The molecule has 1 aliphatic heterocycles. The Hall–Kier alpha value is -3.35. The molecule has 0 radical (unpaired) electrons. The van der Waals surface area contributed by atoms with Gasteiger partial charge in [-0.2, -0.15) is 13.2 Å². The van der Waals surface area contributed by atoms with Gasteiger partial charge in [0.15, 0.2) is 0 Å². The van der Waals surface area contributed by atoms with Crippen molar-refractivity contribution in [3.8, 4) is 16.9 Å². The number of carbonyl (C=O) groups excluding carboxylic acids is 1. The van der Waals surface area contributed by atoms with Crippen LogP contribution in [0.2, 0.25) is 5.02 Å². The molecule has 1 aliphatic rings. The lowest BCUT2D eigenvalue weighted by Crippen LogP contribution is -2.49. The largest absolute Gasteiger partial charge is 0.484 e. The Morgan fingerprint density at radius 1 is 1.18 bits per heavy atom.